The van der Waals surface area contributed by atoms with Crippen LogP contribution in [0.5, 0.6) is 0 Å². The molecule has 0 radical (unpaired) electrons. The molecule has 0 aliphatic carbocycles. The average molecular weight is 349 g/mol. The molecule has 0 amide bonds. The predicted molar refractivity (Wildman–Crippen MR) is 79.0 cm³/mol. The smallest absolute Gasteiger partial charge is 0.123 e. The molecule has 0 heterocycles. The summed E-state index contributed by atoms with van der Waals surface area (Å²) in [4.78, 5) is 0. The molecule has 1 nitrogen and oxygen atoms in total. The van der Waals surface area contributed by atoms with Gasteiger partial charge in [-0.25, -0.2) is 4.39 Å². The van der Waals surface area contributed by atoms with Crippen LogP contribution < -0.4 is 0 Å². The highest BCUT2D eigenvalue weighted by Gasteiger charge is 2.02. The van der Waals surface area contributed by atoms with Gasteiger partial charge in [-0.2, -0.15) is 5.26 Å². The number of halogens is 2. The van der Waals surface area contributed by atoms with Crippen molar-refractivity contribution in [3.63, 3.8) is 0 Å². The van der Waals surface area contributed by atoms with Gasteiger partial charge in [-0.15, -0.1) is 0 Å². The molecule has 0 atom stereocenters. The third-order valence-corrected chi connectivity index (χ3v) is 3.16. The number of allylic oxidation sites excluding steroid dienone is 1. The predicted octanol–water partition coefficient (Wildman–Crippen LogP) is 4.49. The highest BCUT2D eigenvalue weighted by atomic mass is 127. The zero-order chi connectivity index (χ0) is 13.0. The van der Waals surface area contributed by atoms with Crippen LogP contribution in [0.4, 0.5) is 4.39 Å². The standard InChI is InChI=1S/C15H9FIN/c16-14-3-1-2-12(9-14)13(10-18)8-11-4-6-15(17)7-5-11/h1-9H/b13-8-. The van der Waals surface area contributed by atoms with Crippen molar-refractivity contribution in [2.24, 2.45) is 0 Å². The summed E-state index contributed by atoms with van der Waals surface area (Å²) in [7, 11) is 0. The molecule has 2 rings (SSSR count). The van der Waals surface area contributed by atoms with E-state index in [0.717, 1.165) is 9.13 Å². The molecule has 0 saturated heterocycles. The third kappa shape index (κ3) is 3.17. The van der Waals surface area contributed by atoms with Crippen LogP contribution in [0.3, 0.4) is 0 Å². The van der Waals surface area contributed by atoms with E-state index in [2.05, 4.69) is 28.7 Å². The summed E-state index contributed by atoms with van der Waals surface area (Å²) in [6.07, 6.45) is 1.75. The van der Waals surface area contributed by atoms with Crippen LogP contribution in [0.15, 0.2) is 48.5 Å². The van der Waals surface area contributed by atoms with E-state index in [1.165, 1.54) is 12.1 Å². The molecular formula is C15H9FIN. The lowest BCUT2D eigenvalue weighted by atomic mass is 10.0. The molecule has 0 aliphatic heterocycles. The monoisotopic (exact) mass is 349 g/mol. The van der Waals surface area contributed by atoms with Gasteiger partial charge in [-0.1, -0.05) is 24.3 Å². The maximum absolute atomic E-state index is 13.1. The van der Waals surface area contributed by atoms with Gasteiger partial charge in [0.25, 0.3) is 0 Å². The summed E-state index contributed by atoms with van der Waals surface area (Å²) < 4.78 is 14.3. The summed E-state index contributed by atoms with van der Waals surface area (Å²) >= 11 is 2.22. The van der Waals surface area contributed by atoms with Crippen LogP contribution in [0.25, 0.3) is 11.6 Å². The summed E-state index contributed by atoms with van der Waals surface area (Å²) in [5.41, 5.74) is 1.97. The minimum Gasteiger partial charge on any atom is -0.207 e. The summed E-state index contributed by atoms with van der Waals surface area (Å²) in [5, 5.41) is 9.14. The van der Waals surface area contributed by atoms with Gasteiger partial charge in [0, 0.05) is 3.57 Å². The first-order chi connectivity index (χ1) is 8.69. The lowest BCUT2D eigenvalue weighted by molar-refractivity contribution is 0.627. The van der Waals surface area contributed by atoms with Crippen LogP contribution in [-0.2, 0) is 0 Å². The Morgan fingerprint density at radius 2 is 1.89 bits per heavy atom. The Kier molecular flexibility index (Phi) is 4.11. The number of nitrogens with zero attached hydrogens (tertiary/aromatic N) is 1. The number of hydrogen-bond acceptors (Lipinski definition) is 1. The molecule has 0 saturated carbocycles. The van der Waals surface area contributed by atoms with Crippen molar-refractivity contribution in [3.8, 4) is 6.07 Å². The minimum atomic E-state index is -0.337. The van der Waals surface area contributed by atoms with Gasteiger partial charge in [0.2, 0.25) is 0 Å². The highest BCUT2D eigenvalue weighted by molar-refractivity contribution is 14.1. The zero-order valence-corrected chi connectivity index (χ0v) is 11.6. The third-order valence-electron chi connectivity index (χ3n) is 2.44. The Hall–Kier alpha value is -1.67. The van der Waals surface area contributed by atoms with E-state index < -0.39 is 0 Å². The molecule has 18 heavy (non-hydrogen) atoms. The van der Waals surface area contributed by atoms with E-state index in [1.54, 1.807) is 18.2 Å². The Labute approximate surface area is 119 Å². The Balaban J connectivity index is 2.40. The summed E-state index contributed by atoms with van der Waals surface area (Å²) in [5.74, 6) is -0.337. The first kappa shape index (κ1) is 12.8. The minimum absolute atomic E-state index is 0.337. The molecule has 0 fully saturated rings. The van der Waals surface area contributed by atoms with E-state index >= 15 is 0 Å². The number of hydrogen-bond donors (Lipinski definition) is 0. The van der Waals surface area contributed by atoms with Crippen LogP contribution in [0.2, 0.25) is 0 Å². The molecule has 88 valence electrons. The first-order valence-electron chi connectivity index (χ1n) is 5.32. The van der Waals surface area contributed by atoms with Crippen molar-refractivity contribution in [2.45, 2.75) is 0 Å². The van der Waals surface area contributed by atoms with Crippen molar-refractivity contribution in [3.05, 3.63) is 69.0 Å². The second kappa shape index (κ2) is 5.78. The molecule has 0 spiro atoms. The second-order valence-electron chi connectivity index (χ2n) is 3.73. The average Bonchev–Trinajstić information content (AvgIpc) is 2.38. The maximum atomic E-state index is 13.1. The number of benzene rings is 2. The van der Waals surface area contributed by atoms with Gasteiger partial charge < -0.3 is 0 Å². The van der Waals surface area contributed by atoms with Gasteiger partial charge in [0.05, 0.1) is 11.6 Å². The number of nitriles is 1. The van der Waals surface area contributed by atoms with E-state index in [1.807, 2.05) is 24.3 Å². The normalized spacial score (nSPS) is 11.1. The molecule has 0 bridgehead atoms. The molecule has 3 heteroatoms. The molecule has 0 aromatic heterocycles. The van der Waals surface area contributed by atoms with E-state index in [4.69, 9.17) is 5.26 Å². The SMILES string of the molecule is N#C/C(=C/c1ccc(I)cc1)c1cccc(F)c1. The van der Waals surface area contributed by atoms with Crippen LogP contribution in [-0.4, -0.2) is 0 Å². The Morgan fingerprint density at radius 3 is 2.50 bits per heavy atom. The van der Waals surface area contributed by atoms with Gasteiger partial charge in [-0.05, 0) is 64.1 Å². The molecule has 0 aliphatic rings. The Bertz CT molecular complexity index is 624. The van der Waals surface area contributed by atoms with Gasteiger partial charge in [0.15, 0.2) is 0 Å². The fourth-order valence-corrected chi connectivity index (χ4v) is 1.92. The van der Waals surface area contributed by atoms with E-state index in [0.29, 0.717) is 11.1 Å². The van der Waals surface area contributed by atoms with Crippen LogP contribution >= 0.6 is 22.6 Å². The van der Waals surface area contributed by atoms with Crippen LogP contribution in [0.1, 0.15) is 11.1 Å². The van der Waals surface area contributed by atoms with Crippen molar-refractivity contribution in [1.82, 2.24) is 0 Å². The lowest BCUT2D eigenvalue weighted by Crippen LogP contribution is -1.84. The molecule has 0 unspecified atom stereocenters. The quantitative estimate of drug-likeness (QED) is 0.445. The molecule has 0 N–H and O–H groups in total. The van der Waals surface area contributed by atoms with Crippen molar-refractivity contribution < 1.29 is 4.39 Å². The van der Waals surface area contributed by atoms with Crippen molar-refractivity contribution in [2.75, 3.05) is 0 Å². The van der Waals surface area contributed by atoms with Crippen molar-refractivity contribution >= 4 is 34.2 Å². The highest BCUT2D eigenvalue weighted by Crippen LogP contribution is 2.19. The lowest BCUT2D eigenvalue weighted by Gasteiger charge is -2.00. The van der Waals surface area contributed by atoms with Gasteiger partial charge in [0.1, 0.15) is 5.82 Å². The van der Waals surface area contributed by atoms with Crippen LogP contribution in [0, 0.1) is 20.7 Å². The maximum Gasteiger partial charge on any atom is 0.123 e. The first-order valence-corrected chi connectivity index (χ1v) is 6.40. The second-order valence-corrected chi connectivity index (χ2v) is 4.98. The molecule has 2 aromatic rings. The summed E-state index contributed by atoms with van der Waals surface area (Å²) in [6.45, 7) is 0. The van der Waals surface area contributed by atoms with E-state index in [9.17, 15) is 4.39 Å². The van der Waals surface area contributed by atoms with Gasteiger partial charge in [-0.3, -0.25) is 0 Å². The van der Waals surface area contributed by atoms with Gasteiger partial charge >= 0.3 is 0 Å². The fraction of sp³-hybridized carbons (Fsp3) is 0. The van der Waals surface area contributed by atoms with E-state index in [-0.39, 0.29) is 5.82 Å². The molecular weight excluding hydrogens is 340 g/mol. The topological polar surface area (TPSA) is 23.8 Å². The summed E-state index contributed by atoms with van der Waals surface area (Å²) in [6, 6.07) is 15.9. The van der Waals surface area contributed by atoms with Crippen molar-refractivity contribution in [1.29, 1.82) is 5.26 Å². The fourth-order valence-electron chi connectivity index (χ4n) is 1.56. The molecule has 2 aromatic carbocycles. The Morgan fingerprint density at radius 1 is 1.17 bits per heavy atom. The number of rotatable bonds is 2. The zero-order valence-electron chi connectivity index (χ0n) is 9.40. The largest absolute Gasteiger partial charge is 0.207 e.